The van der Waals surface area contributed by atoms with Gasteiger partial charge in [0, 0.05) is 29.8 Å². The van der Waals surface area contributed by atoms with E-state index in [1.807, 2.05) is 4.90 Å². The molecule has 0 bridgehead atoms. The van der Waals surface area contributed by atoms with Crippen molar-refractivity contribution in [1.82, 2.24) is 10.2 Å². The summed E-state index contributed by atoms with van der Waals surface area (Å²) in [6.45, 7) is 2.71. The Hall–Kier alpha value is -1.33. The van der Waals surface area contributed by atoms with Crippen molar-refractivity contribution >= 4 is 23.2 Å². The molecule has 126 valence electrons. The number of piperidine rings is 1. The van der Waals surface area contributed by atoms with Gasteiger partial charge in [0.05, 0.1) is 0 Å². The number of nitrogens with one attached hydrogen (secondary N) is 2. The Labute approximate surface area is 141 Å². The molecular weight excluding hydrogens is 317 g/mol. The second-order valence-corrected chi connectivity index (χ2v) is 6.82. The molecule has 2 heterocycles. The van der Waals surface area contributed by atoms with E-state index in [4.69, 9.17) is 11.6 Å². The van der Waals surface area contributed by atoms with E-state index in [1.54, 1.807) is 6.07 Å². The molecule has 2 aliphatic heterocycles. The molecule has 0 saturated carbocycles. The van der Waals surface area contributed by atoms with Gasteiger partial charge in [0.2, 0.25) is 5.91 Å². The molecule has 23 heavy (non-hydrogen) atoms. The minimum absolute atomic E-state index is 0.122. The van der Waals surface area contributed by atoms with E-state index in [0.29, 0.717) is 10.7 Å². The standard InChI is InChI=1S/C17H23ClFN3O/c18-12-8-13(19)10-14(9-12)21-16-5-1-2-7-22(17(16)23)15-4-3-6-20-11-15/h8-10,15-16,20-21H,1-7,11H2/t15-,16?/m1/s1. The first-order valence-electron chi connectivity index (χ1n) is 8.37. The van der Waals surface area contributed by atoms with Crippen LogP contribution in [0.1, 0.15) is 32.1 Å². The third kappa shape index (κ3) is 4.15. The molecule has 1 amide bonds. The summed E-state index contributed by atoms with van der Waals surface area (Å²) in [6, 6.07) is 4.28. The summed E-state index contributed by atoms with van der Waals surface area (Å²) in [5.74, 6) is -0.272. The van der Waals surface area contributed by atoms with E-state index in [2.05, 4.69) is 10.6 Å². The SMILES string of the molecule is O=C1C(Nc2cc(F)cc(Cl)c2)CCCCN1[C@@H]1CCCNC1. The van der Waals surface area contributed by atoms with Crippen LogP contribution in [0.15, 0.2) is 18.2 Å². The highest BCUT2D eigenvalue weighted by molar-refractivity contribution is 6.30. The Morgan fingerprint density at radius 2 is 2.09 bits per heavy atom. The van der Waals surface area contributed by atoms with Crippen LogP contribution in [0.25, 0.3) is 0 Å². The summed E-state index contributed by atoms with van der Waals surface area (Å²) < 4.78 is 13.5. The molecule has 2 aliphatic rings. The van der Waals surface area contributed by atoms with Gasteiger partial charge < -0.3 is 15.5 Å². The van der Waals surface area contributed by atoms with Crippen molar-refractivity contribution in [3.05, 3.63) is 29.0 Å². The number of likely N-dealkylation sites (tertiary alicyclic amines) is 1. The maximum Gasteiger partial charge on any atom is 0.245 e. The van der Waals surface area contributed by atoms with Crippen molar-refractivity contribution in [1.29, 1.82) is 0 Å². The van der Waals surface area contributed by atoms with Crippen LogP contribution in [0.2, 0.25) is 5.02 Å². The van der Waals surface area contributed by atoms with Crippen molar-refractivity contribution in [3.63, 3.8) is 0 Å². The zero-order valence-electron chi connectivity index (χ0n) is 13.2. The van der Waals surface area contributed by atoms with Gasteiger partial charge in [0.1, 0.15) is 11.9 Å². The van der Waals surface area contributed by atoms with Crippen LogP contribution >= 0.6 is 11.6 Å². The van der Waals surface area contributed by atoms with E-state index in [0.717, 1.165) is 51.7 Å². The van der Waals surface area contributed by atoms with E-state index in [1.165, 1.54) is 12.1 Å². The van der Waals surface area contributed by atoms with E-state index >= 15 is 0 Å². The highest BCUT2D eigenvalue weighted by Gasteiger charge is 2.32. The lowest BCUT2D eigenvalue weighted by molar-refractivity contribution is -0.134. The predicted molar refractivity (Wildman–Crippen MR) is 90.3 cm³/mol. The molecule has 6 heteroatoms. The van der Waals surface area contributed by atoms with Gasteiger partial charge in [0.25, 0.3) is 0 Å². The molecule has 1 aromatic carbocycles. The summed E-state index contributed by atoms with van der Waals surface area (Å²) in [7, 11) is 0. The second-order valence-electron chi connectivity index (χ2n) is 6.38. The van der Waals surface area contributed by atoms with Gasteiger partial charge in [-0.25, -0.2) is 4.39 Å². The van der Waals surface area contributed by atoms with Gasteiger partial charge in [-0.05, 0) is 56.8 Å². The maximum atomic E-state index is 13.5. The average Bonchev–Trinajstić information content (AvgIpc) is 2.70. The van der Waals surface area contributed by atoms with Gasteiger partial charge in [0.15, 0.2) is 0 Å². The molecule has 2 atom stereocenters. The van der Waals surface area contributed by atoms with Crippen molar-refractivity contribution in [2.24, 2.45) is 0 Å². The van der Waals surface area contributed by atoms with Crippen molar-refractivity contribution in [2.45, 2.75) is 44.2 Å². The van der Waals surface area contributed by atoms with Crippen molar-refractivity contribution < 1.29 is 9.18 Å². The fourth-order valence-electron chi connectivity index (χ4n) is 3.50. The van der Waals surface area contributed by atoms with Crippen LogP contribution < -0.4 is 10.6 Å². The highest BCUT2D eigenvalue weighted by Crippen LogP contribution is 2.23. The topological polar surface area (TPSA) is 44.4 Å². The summed E-state index contributed by atoms with van der Waals surface area (Å²) in [4.78, 5) is 14.9. The smallest absolute Gasteiger partial charge is 0.245 e. The first kappa shape index (κ1) is 16.5. The molecular formula is C17H23ClFN3O. The fraction of sp³-hybridized carbons (Fsp3) is 0.588. The lowest BCUT2D eigenvalue weighted by atomic mass is 10.0. The van der Waals surface area contributed by atoms with Crippen LogP contribution in [0.5, 0.6) is 0 Å². The Bertz CT molecular complexity index is 543. The monoisotopic (exact) mass is 339 g/mol. The Kier molecular flexibility index (Phi) is 5.38. The number of carbonyl (C=O) groups excluding carboxylic acids is 1. The molecule has 1 unspecified atom stereocenters. The quantitative estimate of drug-likeness (QED) is 0.889. The number of carbonyl (C=O) groups is 1. The lowest BCUT2D eigenvalue weighted by Crippen LogP contribution is -2.52. The molecule has 0 aromatic heterocycles. The number of hydrogen-bond donors (Lipinski definition) is 2. The Balaban J connectivity index is 1.73. The first-order chi connectivity index (χ1) is 11.1. The summed E-state index contributed by atoms with van der Waals surface area (Å²) >= 11 is 5.90. The highest BCUT2D eigenvalue weighted by atomic mass is 35.5. The molecule has 0 aliphatic carbocycles. The van der Waals surface area contributed by atoms with Crippen molar-refractivity contribution in [2.75, 3.05) is 25.0 Å². The number of nitrogens with zero attached hydrogens (tertiary/aromatic N) is 1. The van der Waals surface area contributed by atoms with Crippen LogP contribution in [-0.4, -0.2) is 42.5 Å². The van der Waals surface area contributed by atoms with Gasteiger partial charge in [-0.15, -0.1) is 0 Å². The fourth-order valence-corrected chi connectivity index (χ4v) is 3.72. The molecule has 4 nitrogen and oxygen atoms in total. The lowest BCUT2D eigenvalue weighted by Gasteiger charge is -2.35. The summed E-state index contributed by atoms with van der Waals surface area (Å²) in [5.41, 5.74) is 0.567. The molecule has 0 radical (unpaired) electrons. The third-order valence-corrected chi connectivity index (χ3v) is 4.86. The van der Waals surface area contributed by atoms with Gasteiger partial charge >= 0.3 is 0 Å². The van der Waals surface area contributed by atoms with Gasteiger partial charge in [-0.3, -0.25) is 4.79 Å². The van der Waals surface area contributed by atoms with Crippen LogP contribution in [0, 0.1) is 5.82 Å². The zero-order valence-corrected chi connectivity index (χ0v) is 13.9. The predicted octanol–water partition coefficient (Wildman–Crippen LogP) is 3.02. The Morgan fingerprint density at radius 1 is 1.22 bits per heavy atom. The van der Waals surface area contributed by atoms with Crippen LogP contribution in [-0.2, 0) is 4.79 Å². The largest absolute Gasteiger partial charge is 0.374 e. The minimum atomic E-state index is -0.394. The molecule has 2 fully saturated rings. The normalized spacial score (nSPS) is 26.0. The summed E-state index contributed by atoms with van der Waals surface area (Å²) in [5, 5.41) is 6.89. The molecule has 3 rings (SSSR count). The number of rotatable bonds is 3. The average molecular weight is 340 g/mol. The molecule has 2 saturated heterocycles. The third-order valence-electron chi connectivity index (χ3n) is 4.64. The van der Waals surface area contributed by atoms with Crippen LogP contribution in [0.3, 0.4) is 0 Å². The minimum Gasteiger partial charge on any atom is -0.374 e. The number of benzene rings is 1. The molecule has 2 N–H and O–H groups in total. The van der Waals surface area contributed by atoms with E-state index < -0.39 is 5.82 Å². The van der Waals surface area contributed by atoms with Gasteiger partial charge in [-0.1, -0.05) is 11.6 Å². The number of anilines is 1. The number of halogens is 2. The Morgan fingerprint density at radius 3 is 2.83 bits per heavy atom. The van der Waals surface area contributed by atoms with Crippen LogP contribution in [0.4, 0.5) is 10.1 Å². The zero-order chi connectivity index (χ0) is 16.2. The second kappa shape index (κ2) is 7.49. The van der Waals surface area contributed by atoms with Crippen molar-refractivity contribution in [3.8, 4) is 0 Å². The summed E-state index contributed by atoms with van der Waals surface area (Å²) in [6.07, 6.45) is 4.93. The van der Waals surface area contributed by atoms with Gasteiger partial charge in [-0.2, -0.15) is 0 Å². The number of hydrogen-bond acceptors (Lipinski definition) is 3. The maximum absolute atomic E-state index is 13.5. The number of amides is 1. The molecule has 0 spiro atoms. The van der Waals surface area contributed by atoms with E-state index in [9.17, 15) is 9.18 Å². The van der Waals surface area contributed by atoms with E-state index in [-0.39, 0.29) is 18.0 Å². The first-order valence-corrected chi connectivity index (χ1v) is 8.75. The molecule has 1 aromatic rings.